The summed E-state index contributed by atoms with van der Waals surface area (Å²) in [6, 6.07) is 16.6. The van der Waals surface area contributed by atoms with Gasteiger partial charge in [0.1, 0.15) is 15.6 Å². The molecular weight excluding hydrogens is 512 g/mol. The number of nitrogens with one attached hydrogen (secondary N) is 1. The van der Waals surface area contributed by atoms with Crippen molar-refractivity contribution in [2.75, 3.05) is 0 Å². The Morgan fingerprint density at radius 1 is 1.14 bits per heavy atom. The number of thiazole rings is 1. The van der Waals surface area contributed by atoms with Gasteiger partial charge < -0.3 is 19.6 Å². The lowest BCUT2D eigenvalue weighted by atomic mass is 9.98. The molecule has 0 aliphatic rings. The van der Waals surface area contributed by atoms with Gasteiger partial charge in [-0.25, -0.2) is 9.78 Å². The number of carbonyl (C=O) groups is 2. The molecule has 0 aliphatic carbocycles. The molecule has 7 nitrogen and oxygen atoms in total. The highest BCUT2D eigenvalue weighted by Crippen LogP contribution is 2.33. The van der Waals surface area contributed by atoms with Crippen LogP contribution < -0.4 is 5.32 Å². The van der Waals surface area contributed by atoms with Gasteiger partial charge in [-0.15, -0.1) is 11.3 Å². The molecule has 4 rings (SSSR count). The summed E-state index contributed by atoms with van der Waals surface area (Å²) < 4.78 is 11.2. The number of aromatic nitrogens is 1. The van der Waals surface area contributed by atoms with Crippen LogP contribution in [0.3, 0.4) is 0 Å². The number of furan rings is 1. The zero-order valence-corrected chi connectivity index (χ0v) is 22.2. The number of aliphatic carboxylic acids is 1. The van der Waals surface area contributed by atoms with Crippen LogP contribution in [0.5, 0.6) is 0 Å². The lowest BCUT2D eigenvalue weighted by Crippen LogP contribution is -2.29. The smallest absolute Gasteiger partial charge is 0.333 e. The lowest BCUT2D eigenvalue weighted by Gasteiger charge is -2.18. The number of hydrogen-bond acceptors (Lipinski definition) is 6. The van der Waals surface area contributed by atoms with Crippen LogP contribution in [-0.2, 0) is 22.5 Å². The van der Waals surface area contributed by atoms with Gasteiger partial charge in [-0.2, -0.15) is 0 Å². The molecule has 4 aromatic rings. The highest BCUT2D eigenvalue weighted by Gasteiger charge is 2.22. The number of amides is 1. The van der Waals surface area contributed by atoms with Gasteiger partial charge in [0.25, 0.3) is 5.91 Å². The number of halogens is 1. The van der Waals surface area contributed by atoms with Gasteiger partial charge in [0.05, 0.1) is 23.1 Å². The van der Waals surface area contributed by atoms with Gasteiger partial charge >= 0.3 is 5.97 Å². The first-order chi connectivity index (χ1) is 17.7. The molecule has 192 valence electrons. The second kappa shape index (κ2) is 11.7. The van der Waals surface area contributed by atoms with Gasteiger partial charge in [0.15, 0.2) is 6.10 Å². The maximum absolute atomic E-state index is 13.1. The molecule has 0 saturated heterocycles. The van der Waals surface area contributed by atoms with Gasteiger partial charge in [-0.05, 0) is 50.1 Å². The standard InChI is InChI=1S/C28H27ClN2O5S/c1-16(2)36-24(28(33)34)14-18-10-11-20(23-9-6-12-35-23)19(13-18)15-30-26(32)25-17(3)31-27(37-25)21-7-4-5-8-22(21)29/h4-13,16,24H,14-15H2,1-3H3,(H,30,32)(H,33,34). The van der Waals surface area contributed by atoms with Crippen molar-refractivity contribution in [3.05, 3.63) is 87.6 Å². The highest BCUT2D eigenvalue weighted by molar-refractivity contribution is 7.17. The van der Waals surface area contributed by atoms with Crippen LogP contribution in [0.4, 0.5) is 0 Å². The molecule has 1 amide bonds. The number of benzene rings is 2. The molecule has 0 saturated carbocycles. The van der Waals surface area contributed by atoms with E-state index in [2.05, 4.69) is 10.3 Å². The summed E-state index contributed by atoms with van der Waals surface area (Å²) in [6.07, 6.45) is 0.585. The zero-order valence-electron chi connectivity index (χ0n) is 20.7. The Balaban J connectivity index is 1.57. The fourth-order valence-electron chi connectivity index (χ4n) is 3.94. The summed E-state index contributed by atoms with van der Waals surface area (Å²) in [4.78, 5) is 29.9. The van der Waals surface area contributed by atoms with Crippen LogP contribution in [0.15, 0.2) is 65.3 Å². The fourth-order valence-corrected chi connectivity index (χ4v) is 5.24. The molecule has 37 heavy (non-hydrogen) atoms. The summed E-state index contributed by atoms with van der Waals surface area (Å²) in [5.41, 5.74) is 3.78. The van der Waals surface area contributed by atoms with Crippen molar-refractivity contribution in [2.45, 2.75) is 45.9 Å². The first-order valence-electron chi connectivity index (χ1n) is 11.8. The number of ether oxygens (including phenoxy) is 1. The molecule has 9 heteroatoms. The number of nitrogens with zero attached hydrogens (tertiary/aromatic N) is 1. The molecule has 0 bridgehead atoms. The van der Waals surface area contributed by atoms with Crippen molar-refractivity contribution < 1.29 is 23.8 Å². The van der Waals surface area contributed by atoms with E-state index in [0.29, 0.717) is 26.4 Å². The topological polar surface area (TPSA) is 102 Å². The zero-order chi connectivity index (χ0) is 26.5. The summed E-state index contributed by atoms with van der Waals surface area (Å²) in [5.74, 6) is -0.622. The molecule has 0 fully saturated rings. The Bertz CT molecular complexity index is 1400. The van der Waals surface area contributed by atoms with Gasteiger partial charge in [-0.1, -0.05) is 48.0 Å². The third-order valence-corrected chi connectivity index (χ3v) is 7.15. The third kappa shape index (κ3) is 6.46. The molecule has 1 unspecified atom stereocenters. The average Bonchev–Trinajstić information content (AvgIpc) is 3.52. The molecule has 2 heterocycles. The van der Waals surface area contributed by atoms with E-state index in [1.54, 1.807) is 39.2 Å². The summed E-state index contributed by atoms with van der Waals surface area (Å²) in [7, 11) is 0. The van der Waals surface area contributed by atoms with Crippen LogP contribution >= 0.6 is 22.9 Å². The minimum Gasteiger partial charge on any atom is -0.479 e. The van der Waals surface area contributed by atoms with Gasteiger partial charge in [0.2, 0.25) is 0 Å². The second-order valence-electron chi connectivity index (χ2n) is 8.78. The van der Waals surface area contributed by atoms with Crippen LogP contribution in [0.25, 0.3) is 21.9 Å². The van der Waals surface area contributed by atoms with Crippen molar-refractivity contribution in [2.24, 2.45) is 0 Å². The van der Waals surface area contributed by atoms with E-state index in [4.69, 9.17) is 20.8 Å². The monoisotopic (exact) mass is 538 g/mol. The maximum Gasteiger partial charge on any atom is 0.333 e. The van der Waals surface area contributed by atoms with Crippen LogP contribution in [-0.4, -0.2) is 34.2 Å². The fraction of sp³-hybridized carbons (Fsp3) is 0.250. The van der Waals surface area contributed by atoms with Crippen LogP contribution in [0.2, 0.25) is 5.02 Å². The summed E-state index contributed by atoms with van der Waals surface area (Å²) >= 11 is 7.60. The van der Waals surface area contributed by atoms with E-state index in [-0.39, 0.29) is 25.0 Å². The minimum atomic E-state index is -1.02. The SMILES string of the molecule is Cc1nc(-c2ccccc2Cl)sc1C(=O)NCc1cc(CC(OC(C)C)C(=O)O)ccc1-c1ccco1. The normalized spacial score (nSPS) is 12.0. The minimum absolute atomic E-state index is 0.196. The summed E-state index contributed by atoms with van der Waals surface area (Å²) in [5, 5.41) is 13.8. The third-order valence-electron chi connectivity index (χ3n) is 5.64. The van der Waals surface area contributed by atoms with Crippen molar-refractivity contribution in [3.8, 4) is 21.9 Å². The first kappa shape index (κ1) is 26.6. The van der Waals surface area contributed by atoms with E-state index in [0.717, 1.165) is 22.3 Å². The predicted molar refractivity (Wildman–Crippen MR) is 144 cm³/mol. The lowest BCUT2D eigenvalue weighted by molar-refractivity contribution is -0.153. The first-order valence-corrected chi connectivity index (χ1v) is 13.0. The number of carboxylic acid groups (broad SMARTS) is 1. The molecule has 0 aliphatic heterocycles. The number of aryl methyl sites for hydroxylation is 1. The number of carbonyl (C=O) groups excluding carboxylic acids is 1. The molecule has 0 spiro atoms. The van der Waals surface area contributed by atoms with Crippen molar-refractivity contribution in [1.82, 2.24) is 10.3 Å². The van der Waals surface area contributed by atoms with Crippen molar-refractivity contribution >= 4 is 34.8 Å². The van der Waals surface area contributed by atoms with Gasteiger partial charge in [-0.3, -0.25) is 4.79 Å². The van der Waals surface area contributed by atoms with Crippen molar-refractivity contribution in [3.63, 3.8) is 0 Å². The summed E-state index contributed by atoms with van der Waals surface area (Å²) in [6.45, 7) is 5.61. The number of hydrogen-bond donors (Lipinski definition) is 2. The van der Waals surface area contributed by atoms with E-state index in [9.17, 15) is 14.7 Å². The number of rotatable bonds is 10. The Labute approximate surface area is 224 Å². The van der Waals surface area contributed by atoms with Crippen LogP contribution in [0, 0.1) is 6.92 Å². The molecule has 2 N–H and O–H groups in total. The molecule has 2 aromatic carbocycles. The van der Waals surface area contributed by atoms with Crippen LogP contribution in [0.1, 0.15) is 40.3 Å². The maximum atomic E-state index is 13.1. The number of carboxylic acids is 1. The van der Waals surface area contributed by atoms with Gasteiger partial charge in [0, 0.05) is 24.1 Å². The van der Waals surface area contributed by atoms with E-state index < -0.39 is 12.1 Å². The molecular formula is C28H27ClN2O5S. The van der Waals surface area contributed by atoms with E-state index in [1.807, 2.05) is 42.5 Å². The Morgan fingerprint density at radius 2 is 1.92 bits per heavy atom. The quantitative estimate of drug-likeness (QED) is 0.243. The molecule has 1 atom stereocenters. The van der Waals surface area contributed by atoms with Crippen molar-refractivity contribution in [1.29, 1.82) is 0 Å². The van der Waals surface area contributed by atoms with E-state index >= 15 is 0 Å². The Hall–Kier alpha value is -3.46. The largest absolute Gasteiger partial charge is 0.479 e. The average molecular weight is 539 g/mol. The van der Waals surface area contributed by atoms with E-state index in [1.165, 1.54) is 11.3 Å². The second-order valence-corrected chi connectivity index (χ2v) is 10.2. The molecule has 2 aromatic heterocycles. The predicted octanol–water partition coefficient (Wildman–Crippen LogP) is 6.38. The molecule has 0 radical (unpaired) electrons. The highest BCUT2D eigenvalue weighted by atomic mass is 35.5. The Morgan fingerprint density at radius 3 is 2.59 bits per heavy atom. The Kier molecular flexibility index (Phi) is 8.43.